The van der Waals surface area contributed by atoms with Crippen LogP contribution in [0.5, 0.6) is 0 Å². The average Bonchev–Trinajstić information content (AvgIpc) is 2.88. The van der Waals surface area contributed by atoms with Crippen LogP contribution in [0.4, 0.5) is 5.13 Å². The lowest BCUT2D eigenvalue weighted by atomic mass is 10.3. The highest BCUT2D eigenvalue weighted by Gasteiger charge is 2.12. The minimum atomic E-state index is 0.593. The molecule has 3 N–H and O–H groups in total. The number of pyridine rings is 1. The Morgan fingerprint density at radius 2 is 2.31 bits per heavy atom. The largest absolute Gasteiger partial charge is 0.298 e. The normalized spacial score (nSPS) is 10.8. The van der Waals surface area contributed by atoms with Crippen molar-refractivity contribution < 1.29 is 0 Å². The third-order valence-corrected chi connectivity index (χ3v) is 2.86. The molecule has 0 radical (unpaired) electrons. The van der Waals surface area contributed by atoms with Crippen LogP contribution in [-0.4, -0.2) is 24.8 Å². The highest BCUT2D eigenvalue weighted by Crippen LogP contribution is 2.22. The van der Waals surface area contributed by atoms with Gasteiger partial charge in [-0.05, 0) is 12.1 Å². The van der Waals surface area contributed by atoms with Crippen molar-refractivity contribution in [3.63, 3.8) is 0 Å². The van der Waals surface area contributed by atoms with E-state index < -0.39 is 0 Å². The summed E-state index contributed by atoms with van der Waals surface area (Å²) in [5.74, 6) is 5.94. The van der Waals surface area contributed by atoms with Crippen molar-refractivity contribution >= 4 is 21.4 Å². The third-order valence-electron chi connectivity index (χ3n) is 2.03. The lowest BCUT2D eigenvalue weighted by Crippen LogP contribution is -2.06. The Morgan fingerprint density at radius 3 is 3.06 bits per heavy atom. The van der Waals surface area contributed by atoms with Crippen LogP contribution in [0, 0.1) is 0 Å². The first kappa shape index (κ1) is 9.19. The minimum absolute atomic E-state index is 0.593. The van der Waals surface area contributed by atoms with E-state index in [9.17, 15) is 0 Å². The Labute approximate surface area is 93.9 Å². The standard InChI is InChI=1S/C8H7N7S/c9-11-7-14-15-6(12-13-8(15)16-7)5-2-1-3-10-4-5/h1-4H,9H2,(H,11,14). The molecule has 0 atom stereocenters. The Kier molecular flexibility index (Phi) is 2.01. The van der Waals surface area contributed by atoms with Gasteiger partial charge in [0.25, 0.3) is 0 Å². The van der Waals surface area contributed by atoms with Crippen LogP contribution < -0.4 is 11.3 Å². The monoisotopic (exact) mass is 233 g/mol. The van der Waals surface area contributed by atoms with Gasteiger partial charge < -0.3 is 0 Å². The summed E-state index contributed by atoms with van der Waals surface area (Å²) in [5.41, 5.74) is 3.35. The first-order valence-electron chi connectivity index (χ1n) is 4.48. The number of nitrogens with zero attached hydrogens (tertiary/aromatic N) is 5. The molecule has 0 bridgehead atoms. The van der Waals surface area contributed by atoms with Crippen molar-refractivity contribution in [2.24, 2.45) is 5.84 Å². The zero-order chi connectivity index (χ0) is 11.0. The summed E-state index contributed by atoms with van der Waals surface area (Å²) in [6.07, 6.45) is 3.42. The Bertz CT molecular complexity index is 614. The first-order chi connectivity index (χ1) is 7.88. The van der Waals surface area contributed by atoms with E-state index in [1.807, 2.05) is 12.1 Å². The second-order valence-corrected chi connectivity index (χ2v) is 3.97. The maximum atomic E-state index is 5.29. The van der Waals surface area contributed by atoms with E-state index in [1.54, 1.807) is 16.9 Å². The van der Waals surface area contributed by atoms with Crippen LogP contribution in [0.3, 0.4) is 0 Å². The smallest absolute Gasteiger partial charge is 0.236 e. The van der Waals surface area contributed by atoms with Gasteiger partial charge in [0, 0.05) is 18.0 Å². The molecule has 16 heavy (non-hydrogen) atoms. The third kappa shape index (κ3) is 1.32. The summed E-state index contributed by atoms with van der Waals surface area (Å²) in [5, 5.41) is 12.9. The SMILES string of the molecule is NNc1nn2c(-c3cccnc3)nnc2s1. The van der Waals surface area contributed by atoms with Gasteiger partial charge in [0.1, 0.15) is 0 Å². The summed E-state index contributed by atoms with van der Waals surface area (Å²) >= 11 is 1.33. The molecule has 80 valence electrons. The van der Waals surface area contributed by atoms with Crippen molar-refractivity contribution in [3.05, 3.63) is 24.5 Å². The molecule has 0 fully saturated rings. The average molecular weight is 233 g/mol. The number of anilines is 1. The highest BCUT2D eigenvalue weighted by molar-refractivity contribution is 7.20. The molecule has 0 aliphatic rings. The molecule has 0 spiro atoms. The van der Waals surface area contributed by atoms with E-state index in [2.05, 4.69) is 25.7 Å². The molecule has 0 saturated heterocycles. The molecular formula is C8H7N7S. The molecule has 0 aliphatic carbocycles. The Morgan fingerprint density at radius 1 is 1.38 bits per heavy atom. The fourth-order valence-electron chi connectivity index (χ4n) is 1.35. The van der Waals surface area contributed by atoms with Crippen LogP contribution in [0.15, 0.2) is 24.5 Å². The zero-order valence-electron chi connectivity index (χ0n) is 8.03. The number of hydrogen-bond acceptors (Lipinski definition) is 7. The highest BCUT2D eigenvalue weighted by atomic mass is 32.1. The van der Waals surface area contributed by atoms with Gasteiger partial charge in [0.15, 0.2) is 5.82 Å². The van der Waals surface area contributed by atoms with Crippen molar-refractivity contribution in [2.45, 2.75) is 0 Å². The van der Waals surface area contributed by atoms with Crippen molar-refractivity contribution in [1.29, 1.82) is 0 Å². The predicted octanol–water partition coefficient (Wildman–Crippen LogP) is 0.533. The van der Waals surface area contributed by atoms with Gasteiger partial charge in [-0.1, -0.05) is 11.3 Å². The summed E-state index contributed by atoms with van der Waals surface area (Å²) in [7, 11) is 0. The number of nitrogens with one attached hydrogen (secondary N) is 1. The van der Waals surface area contributed by atoms with Crippen molar-refractivity contribution in [2.75, 3.05) is 5.43 Å². The van der Waals surface area contributed by atoms with Gasteiger partial charge in [-0.25, -0.2) is 5.84 Å². The first-order valence-corrected chi connectivity index (χ1v) is 5.29. The molecule has 3 rings (SSSR count). The number of fused-ring (bicyclic) bond motifs is 1. The number of aromatic nitrogens is 5. The number of rotatable bonds is 2. The number of nitrogens with two attached hydrogens (primary N) is 1. The maximum Gasteiger partial charge on any atom is 0.236 e. The molecule has 0 saturated carbocycles. The summed E-state index contributed by atoms with van der Waals surface area (Å²) in [6, 6.07) is 3.74. The Hall–Kier alpha value is -2.06. The molecular weight excluding hydrogens is 226 g/mol. The lowest BCUT2D eigenvalue weighted by molar-refractivity contribution is 0.962. The molecule has 3 heterocycles. The van der Waals surface area contributed by atoms with Gasteiger partial charge in [-0.3, -0.25) is 10.4 Å². The number of nitrogen functional groups attached to an aromatic ring is 1. The van der Waals surface area contributed by atoms with E-state index in [-0.39, 0.29) is 0 Å². The number of hydrogen-bond donors (Lipinski definition) is 2. The predicted molar refractivity (Wildman–Crippen MR) is 59.7 cm³/mol. The van der Waals surface area contributed by atoms with E-state index in [1.165, 1.54) is 11.3 Å². The van der Waals surface area contributed by atoms with E-state index in [0.717, 1.165) is 5.56 Å². The van der Waals surface area contributed by atoms with Gasteiger partial charge in [-0.15, -0.1) is 15.3 Å². The quantitative estimate of drug-likeness (QED) is 0.495. The van der Waals surface area contributed by atoms with Crippen molar-refractivity contribution in [3.8, 4) is 11.4 Å². The van der Waals surface area contributed by atoms with Gasteiger partial charge in [0.2, 0.25) is 10.1 Å². The lowest BCUT2D eigenvalue weighted by Gasteiger charge is -1.94. The van der Waals surface area contributed by atoms with Crippen LogP contribution in [-0.2, 0) is 0 Å². The van der Waals surface area contributed by atoms with E-state index in [0.29, 0.717) is 15.9 Å². The van der Waals surface area contributed by atoms with Gasteiger partial charge >= 0.3 is 0 Å². The minimum Gasteiger partial charge on any atom is -0.298 e. The van der Waals surface area contributed by atoms with E-state index in [4.69, 9.17) is 5.84 Å². The fraction of sp³-hybridized carbons (Fsp3) is 0. The van der Waals surface area contributed by atoms with Crippen LogP contribution in [0.1, 0.15) is 0 Å². The van der Waals surface area contributed by atoms with Gasteiger partial charge in [-0.2, -0.15) is 4.52 Å². The molecule has 0 aromatic carbocycles. The summed E-state index contributed by atoms with van der Waals surface area (Å²) in [6.45, 7) is 0. The second-order valence-electron chi connectivity index (χ2n) is 3.01. The second kappa shape index (κ2) is 3.51. The summed E-state index contributed by atoms with van der Waals surface area (Å²) < 4.78 is 1.64. The van der Waals surface area contributed by atoms with Crippen LogP contribution >= 0.6 is 11.3 Å². The molecule has 0 amide bonds. The zero-order valence-corrected chi connectivity index (χ0v) is 8.85. The van der Waals surface area contributed by atoms with Gasteiger partial charge in [0.05, 0.1) is 0 Å². The van der Waals surface area contributed by atoms with Crippen LogP contribution in [0.25, 0.3) is 16.3 Å². The summed E-state index contributed by atoms with van der Waals surface area (Å²) in [4.78, 5) is 4.72. The molecule has 7 nitrogen and oxygen atoms in total. The number of hydrazine groups is 1. The molecule has 3 aromatic rings. The van der Waals surface area contributed by atoms with Crippen LogP contribution in [0.2, 0.25) is 0 Å². The van der Waals surface area contributed by atoms with Crippen molar-refractivity contribution in [1.82, 2.24) is 24.8 Å². The molecule has 0 unspecified atom stereocenters. The maximum absolute atomic E-state index is 5.29. The Balaban J connectivity index is 2.20. The molecule has 3 aromatic heterocycles. The molecule has 8 heteroatoms. The fourth-order valence-corrected chi connectivity index (χ4v) is 2.00. The topological polar surface area (TPSA) is 94.0 Å². The molecule has 0 aliphatic heterocycles. The van der Waals surface area contributed by atoms with E-state index >= 15 is 0 Å².